The number of hydrogen-bond donors (Lipinski definition) is 2. The van der Waals surface area contributed by atoms with Crippen LogP contribution in [0.4, 0.5) is 0 Å². The number of aliphatic hydroxyl groups excluding tert-OH is 1. The fraction of sp³-hybridized carbons (Fsp3) is 0.923. The molecule has 1 aliphatic heterocycles. The van der Waals surface area contributed by atoms with Crippen molar-refractivity contribution in [1.29, 1.82) is 0 Å². The smallest absolute Gasteiger partial charge is 0.236 e. The van der Waals surface area contributed by atoms with Crippen molar-refractivity contribution >= 4 is 5.91 Å². The summed E-state index contributed by atoms with van der Waals surface area (Å²) in [6, 6.07) is 0.203. The highest BCUT2D eigenvalue weighted by atomic mass is 16.3. The Labute approximate surface area is 110 Å². The van der Waals surface area contributed by atoms with Crippen molar-refractivity contribution in [3.63, 3.8) is 0 Å². The van der Waals surface area contributed by atoms with Crippen molar-refractivity contribution in [2.75, 3.05) is 45.9 Å². The lowest BCUT2D eigenvalue weighted by Crippen LogP contribution is -2.45. The van der Waals surface area contributed by atoms with E-state index in [0.29, 0.717) is 19.5 Å². The second kappa shape index (κ2) is 8.45. The monoisotopic (exact) mass is 257 g/mol. The third-order valence-corrected chi connectivity index (χ3v) is 3.29. The van der Waals surface area contributed by atoms with Gasteiger partial charge in [-0.2, -0.15) is 0 Å². The van der Waals surface area contributed by atoms with Gasteiger partial charge >= 0.3 is 0 Å². The lowest BCUT2D eigenvalue weighted by atomic mass is 10.2. The van der Waals surface area contributed by atoms with E-state index in [9.17, 15) is 4.79 Å². The van der Waals surface area contributed by atoms with Crippen LogP contribution in [0.3, 0.4) is 0 Å². The molecule has 1 rings (SSSR count). The molecule has 5 heteroatoms. The van der Waals surface area contributed by atoms with Crippen molar-refractivity contribution < 1.29 is 9.90 Å². The van der Waals surface area contributed by atoms with Gasteiger partial charge in [0.2, 0.25) is 5.91 Å². The second-order valence-corrected chi connectivity index (χ2v) is 5.14. The minimum absolute atomic E-state index is 0.143. The number of rotatable bonds is 6. The van der Waals surface area contributed by atoms with Crippen LogP contribution >= 0.6 is 0 Å². The van der Waals surface area contributed by atoms with Gasteiger partial charge in [-0.05, 0) is 39.8 Å². The van der Waals surface area contributed by atoms with E-state index < -0.39 is 0 Å². The van der Waals surface area contributed by atoms with Crippen LogP contribution in [0.25, 0.3) is 0 Å². The second-order valence-electron chi connectivity index (χ2n) is 5.14. The Morgan fingerprint density at radius 1 is 1.39 bits per heavy atom. The van der Waals surface area contributed by atoms with Crippen LogP contribution in [-0.2, 0) is 4.79 Å². The maximum absolute atomic E-state index is 12.3. The number of nitrogens with one attached hydrogen (secondary N) is 1. The zero-order valence-electron chi connectivity index (χ0n) is 11.7. The molecule has 5 nitrogen and oxygen atoms in total. The maximum Gasteiger partial charge on any atom is 0.236 e. The molecule has 0 saturated carbocycles. The predicted octanol–water partition coefficient (Wildman–Crippen LogP) is -0.0989. The molecule has 18 heavy (non-hydrogen) atoms. The SMILES string of the molecule is CC(C)N(CCCO)C(=O)CN1CCCNCC1. The number of nitrogens with zero attached hydrogens (tertiary/aromatic N) is 2. The van der Waals surface area contributed by atoms with Crippen molar-refractivity contribution in [1.82, 2.24) is 15.1 Å². The normalized spacial score (nSPS) is 17.8. The van der Waals surface area contributed by atoms with Crippen LogP contribution < -0.4 is 5.32 Å². The first kappa shape index (κ1) is 15.4. The first-order valence-electron chi connectivity index (χ1n) is 6.98. The van der Waals surface area contributed by atoms with Gasteiger partial charge in [-0.25, -0.2) is 0 Å². The van der Waals surface area contributed by atoms with Crippen LogP contribution in [0.2, 0.25) is 0 Å². The Balaban J connectivity index is 2.43. The lowest BCUT2D eigenvalue weighted by molar-refractivity contribution is -0.134. The molecule has 0 atom stereocenters. The van der Waals surface area contributed by atoms with E-state index in [0.717, 1.165) is 32.6 Å². The van der Waals surface area contributed by atoms with Crippen LogP contribution in [-0.4, -0.2) is 72.7 Å². The van der Waals surface area contributed by atoms with Gasteiger partial charge < -0.3 is 15.3 Å². The van der Waals surface area contributed by atoms with Crippen LogP contribution in [0.15, 0.2) is 0 Å². The predicted molar refractivity (Wildman–Crippen MR) is 72.5 cm³/mol. The molecule has 1 fully saturated rings. The van der Waals surface area contributed by atoms with Crippen molar-refractivity contribution in [2.24, 2.45) is 0 Å². The first-order chi connectivity index (χ1) is 8.65. The minimum Gasteiger partial charge on any atom is -0.396 e. The molecular formula is C13H27N3O2. The highest BCUT2D eigenvalue weighted by molar-refractivity contribution is 5.78. The molecule has 0 unspecified atom stereocenters. The van der Waals surface area contributed by atoms with E-state index in [1.165, 1.54) is 0 Å². The number of amides is 1. The Morgan fingerprint density at radius 3 is 2.83 bits per heavy atom. The van der Waals surface area contributed by atoms with Gasteiger partial charge in [-0.15, -0.1) is 0 Å². The molecule has 0 aromatic carbocycles. The molecule has 0 bridgehead atoms. The molecule has 0 aliphatic carbocycles. The highest BCUT2D eigenvalue weighted by Crippen LogP contribution is 2.03. The highest BCUT2D eigenvalue weighted by Gasteiger charge is 2.19. The van der Waals surface area contributed by atoms with Crippen molar-refractivity contribution in [3.8, 4) is 0 Å². The van der Waals surface area contributed by atoms with Crippen LogP contribution in [0.5, 0.6) is 0 Å². The van der Waals surface area contributed by atoms with Gasteiger partial charge in [0, 0.05) is 32.3 Å². The summed E-state index contributed by atoms with van der Waals surface area (Å²) in [4.78, 5) is 16.3. The quantitative estimate of drug-likeness (QED) is 0.698. The van der Waals surface area contributed by atoms with Crippen molar-refractivity contribution in [2.45, 2.75) is 32.7 Å². The van der Waals surface area contributed by atoms with Gasteiger partial charge in [0.1, 0.15) is 0 Å². The molecular weight excluding hydrogens is 230 g/mol. The number of carbonyl (C=O) groups is 1. The zero-order chi connectivity index (χ0) is 13.4. The lowest BCUT2D eigenvalue weighted by Gasteiger charge is -2.29. The Hall–Kier alpha value is -0.650. The fourth-order valence-electron chi connectivity index (χ4n) is 2.25. The fourth-order valence-corrected chi connectivity index (χ4v) is 2.25. The third-order valence-electron chi connectivity index (χ3n) is 3.29. The Bertz CT molecular complexity index is 238. The van der Waals surface area contributed by atoms with Gasteiger partial charge in [-0.1, -0.05) is 0 Å². The average Bonchev–Trinajstić information content (AvgIpc) is 2.57. The molecule has 1 aliphatic rings. The van der Waals surface area contributed by atoms with Gasteiger partial charge in [-0.3, -0.25) is 9.69 Å². The van der Waals surface area contributed by atoms with Gasteiger partial charge in [0.15, 0.2) is 0 Å². The molecule has 106 valence electrons. The summed E-state index contributed by atoms with van der Waals surface area (Å²) in [5.41, 5.74) is 0. The van der Waals surface area contributed by atoms with Gasteiger partial charge in [0.05, 0.1) is 6.54 Å². The van der Waals surface area contributed by atoms with E-state index in [1.807, 2.05) is 18.7 Å². The molecule has 1 heterocycles. The number of hydrogen-bond acceptors (Lipinski definition) is 4. The number of aliphatic hydroxyl groups is 1. The first-order valence-corrected chi connectivity index (χ1v) is 6.98. The Morgan fingerprint density at radius 2 is 2.17 bits per heavy atom. The van der Waals surface area contributed by atoms with Crippen molar-refractivity contribution in [3.05, 3.63) is 0 Å². The molecule has 2 N–H and O–H groups in total. The van der Waals surface area contributed by atoms with Crippen LogP contribution in [0.1, 0.15) is 26.7 Å². The summed E-state index contributed by atoms with van der Waals surface area (Å²) in [6.07, 6.45) is 1.76. The van der Waals surface area contributed by atoms with E-state index in [2.05, 4.69) is 10.2 Å². The topological polar surface area (TPSA) is 55.8 Å². The summed E-state index contributed by atoms with van der Waals surface area (Å²) < 4.78 is 0. The summed E-state index contributed by atoms with van der Waals surface area (Å²) in [6.45, 7) is 9.30. The van der Waals surface area contributed by atoms with Gasteiger partial charge in [0.25, 0.3) is 0 Å². The molecule has 1 saturated heterocycles. The summed E-state index contributed by atoms with van der Waals surface area (Å²) in [7, 11) is 0. The molecule has 0 aromatic rings. The Kier molecular flexibility index (Phi) is 7.23. The maximum atomic E-state index is 12.3. The van der Waals surface area contributed by atoms with Crippen LogP contribution in [0, 0.1) is 0 Å². The zero-order valence-corrected chi connectivity index (χ0v) is 11.7. The average molecular weight is 257 g/mol. The van der Waals surface area contributed by atoms with E-state index in [4.69, 9.17) is 5.11 Å². The van der Waals surface area contributed by atoms with E-state index >= 15 is 0 Å². The minimum atomic E-state index is 0.143. The standard InChI is InChI=1S/C13H27N3O2/c1-12(2)16(8-4-10-17)13(18)11-15-7-3-5-14-6-9-15/h12,14,17H,3-11H2,1-2H3. The summed E-state index contributed by atoms with van der Waals surface area (Å²) >= 11 is 0. The number of carbonyl (C=O) groups excluding carboxylic acids is 1. The summed E-state index contributed by atoms with van der Waals surface area (Å²) in [5, 5.41) is 12.2. The van der Waals surface area contributed by atoms with E-state index in [1.54, 1.807) is 0 Å². The molecule has 1 amide bonds. The van der Waals surface area contributed by atoms with E-state index in [-0.39, 0.29) is 18.6 Å². The third kappa shape index (κ3) is 5.33. The molecule has 0 aromatic heterocycles. The summed E-state index contributed by atoms with van der Waals surface area (Å²) in [5.74, 6) is 0.181. The molecule has 0 spiro atoms. The largest absolute Gasteiger partial charge is 0.396 e. The molecule has 0 radical (unpaired) electrons.